The van der Waals surface area contributed by atoms with E-state index < -0.39 is 17.4 Å². The molecule has 2 aliphatic heterocycles. The van der Waals surface area contributed by atoms with Gasteiger partial charge < -0.3 is 20.6 Å². The zero-order valence-corrected chi connectivity index (χ0v) is 17.2. The van der Waals surface area contributed by atoms with Gasteiger partial charge in [0.15, 0.2) is 0 Å². The maximum absolute atomic E-state index is 12.5. The quantitative estimate of drug-likeness (QED) is 0.645. The molecule has 1 unspecified atom stereocenters. The van der Waals surface area contributed by atoms with Crippen LogP contribution in [0.25, 0.3) is 0 Å². The topological polar surface area (TPSA) is 98.7 Å². The van der Waals surface area contributed by atoms with Crippen molar-refractivity contribution in [2.75, 3.05) is 23.3 Å². The molecule has 31 heavy (non-hydrogen) atoms. The van der Waals surface area contributed by atoms with Crippen LogP contribution < -0.4 is 15.5 Å². The van der Waals surface area contributed by atoms with E-state index in [4.69, 9.17) is 0 Å². The molecule has 3 N–H and O–H groups in total. The Hall–Kier alpha value is -3.19. The Bertz CT molecular complexity index is 1060. The standard InChI is InChI=1S/C24H25N3O4/c28-20-13-16-12-19(11-15-5-4-10-27(20)21(15)16)26-23(30)22(29)25-14-24(31,18-8-9-18)17-6-2-1-3-7-17/h1-3,6-7,11-12,18,31H,4-5,8-10,13-14H2,(H,25,29)(H,26,30). The molecule has 7 nitrogen and oxygen atoms in total. The zero-order valence-electron chi connectivity index (χ0n) is 17.2. The normalized spacial score (nSPS) is 18.9. The second kappa shape index (κ2) is 7.50. The van der Waals surface area contributed by atoms with Crippen LogP contribution in [0, 0.1) is 5.92 Å². The van der Waals surface area contributed by atoms with Gasteiger partial charge in [0.2, 0.25) is 5.91 Å². The van der Waals surface area contributed by atoms with Crippen LogP contribution in [0.5, 0.6) is 0 Å². The van der Waals surface area contributed by atoms with Crippen molar-refractivity contribution >= 4 is 29.1 Å². The number of aryl methyl sites for hydroxylation is 1. The second-order valence-corrected chi connectivity index (χ2v) is 8.67. The summed E-state index contributed by atoms with van der Waals surface area (Å²) in [5.41, 5.74) is 2.97. The van der Waals surface area contributed by atoms with Crippen LogP contribution in [0.1, 0.15) is 36.0 Å². The molecule has 5 rings (SSSR count). The highest BCUT2D eigenvalue weighted by molar-refractivity contribution is 6.39. The smallest absolute Gasteiger partial charge is 0.313 e. The van der Waals surface area contributed by atoms with Gasteiger partial charge in [0, 0.05) is 12.2 Å². The first-order chi connectivity index (χ1) is 15.0. The van der Waals surface area contributed by atoms with E-state index in [1.807, 2.05) is 41.3 Å². The van der Waals surface area contributed by atoms with Crippen LogP contribution in [0.3, 0.4) is 0 Å². The summed E-state index contributed by atoms with van der Waals surface area (Å²) in [6.07, 6.45) is 3.83. The number of benzene rings is 2. The highest BCUT2D eigenvalue weighted by Gasteiger charge is 2.45. The predicted octanol–water partition coefficient (Wildman–Crippen LogP) is 1.87. The lowest BCUT2D eigenvalue weighted by molar-refractivity contribution is -0.137. The van der Waals surface area contributed by atoms with Gasteiger partial charge in [0.25, 0.3) is 0 Å². The molecule has 1 saturated carbocycles. The first-order valence-corrected chi connectivity index (χ1v) is 10.8. The fraction of sp³-hybridized carbons (Fsp3) is 0.375. The average molecular weight is 419 g/mol. The third-order valence-corrected chi connectivity index (χ3v) is 6.52. The van der Waals surface area contributed by atoms with Gasteiger partial charge in [-0.25, -0.2) is 0 Å². The van der Waals surface area contributed by atoms with Gasteiger partial charge in [0.1, 0.15) is 5.60 Å². The van der Waals surface area contributed by atoms with E-state index in [1.54, 1.807) is 6.07 Å². The fourth-order valence-electron chi connectivity index (χ4n) is 4.80. The van der Waals surface area contributed by atoms with Crippen LogP contribution in [-0.2, 0) is 32.8 Å². The molecule has 2 heterocycles. The molecule has 0 bridgehead atoms. The molecule has 2 aromatic carbocycles. The van der Waals surface area contributed by atoms with Crippen molar-refractivity contribution in [2.24, 2.45) is 5.92 Å². The van der Waals surface area contributed by atoms with Crippen molar-refractivity contribution in [1.29, 1.82) is 0 Å². The summed E-state index contributed by atoms with van der Waals surface area (Å²) in [7, 11) is 0. The van der Waals surface area contributed by atoms with Gasteiger partial charge in [-0.3, -0.25) is 14.4 Å². The summed E-state index contributed by atoms with van der Waals surface area (Å²) in [4.78, 5) is 39.0. The van der Waals surface area contributed by atoms with Crippen molar-refractivity contribution in [3.05, 3.63) is 59.2 Å². The van der Waals surface area contributed by atoms with E-state index in [0.717, 1.165) is 54.6 Å². The minimum absolute atomic E-state index is 0.0210. The van der Waals surface area contributed by atoms with E-state index in [0.29, 0.717) is 12.1 Å². The van der Waals surface area contributed by atoms with E-state index in [1.165, 1.54) is 0 Å². The highest BCUT2D eigenvalue weighted by atomic mass is 16.3. The van der Waals surface area contributed by atoms with Gasteiger partial charge in [-0.1, -0.05) is 30.3 Å². The van der Waals surface area contributed by atoms with Gasteiger partial charge in [-0.15, -0.1) is 0 Å². The lowest BCUT2D eigenvalue weighted by atomic mass is 9.88. The Morgan fingerprint density at radius 3 is 2.58 bits per heavy atom. The highest BCUT2D eigenvalue weighted by Crippen LogP contribution is 2.45. The van der Waals surface area contributed by atoms with Gasteiger partial charge in [-0.2, -0.15) is 0 Å². The second-order valence-electron chi connectivity index (χ2n) is 8.67. The monoisotopic (exact) mass is 419 g/mol. The summed E-state index contributed by atoms with van der Waals surface area (Å²) in [6, 6.07) is 12.9. The van der Waals surface area contributed by atoms with Crippen molar-refractivity contribution in [1.82, 2.24) is 5.32 Å². The summed E-state index contributed by atoms with van der Waals surface area (Å²) >= 11 is 0. The molecule has 3 aliphatic rings. The van der Waals surface area contributed by atoms with Crippen molar-refractivity contribution in [2.45, 2.75) is 37.7 Å². The molecule has 0 radical (unpaired) electrons. The van der Waals surface area contributed by atoms with Crippen LogP contribution >= 0.6 is 0 Å². The van der Waals surface area contributed by atoms with Crippen LogP contribution in [0.2, 0.25) is 0 Å². The molecule has 7 heteroatoms. The third kappa shape index (κ3) is 3.59. The number of rotatable bonds is 5. The lowest BCUT2D eigenvalue weighted by Crippen LogP contribution is -2.45. The fourth-order valence-corrected chi connectivity index (χ4v) is 4.80. The lowest BCUT2D eigenvalue weighted by Gasteiger charge is -2.29. The van der Waals surface area contributed by atoms with Crippen LogP contribution in [-0.4, -0.2) is 35.9 Å². The van der Waals surface area contributed by atoms with Gasteiger partial charge in [-0.05, 0) is 60.4 Å². The predicted molar refractivity (Wildman–Crippen MR) is 116 cm³/mol. The molecule has 2 aromatic rings. The maximum Gasteiger partial charge on any atom is 0.313 e. The van der Waals surface area contributed by atoms with Gasteiger partial charge >= 0.3 is 11.8 Å². The number of hydrogen-bond donors (Lipinski definition) is 3. The van der Waals surface area contributed by atoms with E-state index in [2.05, 4.69) is 10.6 Å². The summed E-state index contributed by atoms with van der Waals surface area (Å²) in [5.74, 6) is -1.42. The number of aliphatic hydroxyl groups is 1. The first-order valence-electron chi connectivity index (χ1n) is 10.8. The minimum Gasteiger partial charge on any atom is -0.383 e. The van der Waals surface area contributed by atoms with Gasteiger partial charge in [0.05, 0.1) is 18.7 Å². The number of amides is 3. The number of carbonyl (C=O) groups excluding carboxylic acids is 3. The molecular formula is C24H25N3O4. The minimum atomic E-state index is -1.18. The van der Waals surface area contributed by atoms with Crippen molar-refractivity contribution < 1.29 is 19.5 Å². The van der Waals surface area contributed by atoms with Crippen molar-refractivity contribution in [3.63, 3.8) is 0 Å². The summed E-state index contributed by atoms with van der Waals surface area (Å²) < 4.78 is 0. The molecule has 160 valence electrons. The molecule has 3 amide bonds. The Morgan fingerprint density at radius 2 is 1.84 bits per heavy atom. The molecule has 0 saturated heterocycles. The Morgan fingerprint density at radius 1 is 1.10 bits per heavy atom. The number of nitrogens with one attached hydrogen (secondary N) is 2. The SMILES string of the molecule is O=C(NCC(O)(c1ccccc1)C1CC1)C(=O)Nc1cc2c3c(c1)CC(=O)N3CCC2. The van der Waals surface area contributed by atoms with E-state index >= 15 is 0 Å². The van der Waals surface area contributed by atoms with E-state index in [9.17, 15) is 19.5 Å². The average Bonchev–Trinajstić information content (AvgIpc) is 3.58. The molecule has 0 aromatic heterocycles. The largest absolute Gasteiger partial charge is 0.383 e. The molecule has 1 fully saturated rings. The first kappa shape index (κ1) is 19.8. The zero-order chi connectivity index (χ0) is 21.6. The Labute approximate surface area is 180 Å². The summed E-state index contributed by atoms with van der Waals surface area (Å²) in [5, 5.41) is 16.5. The van der Waals surface area contributed by atoms with Crippen LogP contribution in [0.15, 0.2) is 42.5 Å². The molecule has 0 spiro atoms. The van der Waals surface area contributed by atoms with Crippen LogP contribution in [0.4, 0.5) is 11.4 Å². The third-order valence-electron chi connectivity index (χ3n) is 6.52. The van der Waals surface area contributed by atoms with Crippen molar-refractivity contribution in [3.8, 4) is 0 Å². The molecule has 1 aliphatic carbocycles. The molecule has 1 atom stereocenters. The molecular weight excluding hydrogens is 394 g/mol. The number of nitrogens with zero attached hydrogens (tertiary/aromatic N) is 1. The maximum atomic E-state index is 12.5. The van der Waals surface area contributed by atoms with E-state index in [-0.39, 0.29) is 18.4 Å². The number of carbonyl (C=O) groups is 3. The summed E-state index contributed by atoms with van der Waals surface area (Å²) in [6.45, 7) is 0.713. The Balaban J connectivity index is 1.27. The number of anilines is 2. The Kier molecular flexibility index (Phi) is 4.78. The number of hydrogen-bond acceptors (Lipinski definition) is 4.